The topological polar surface area (TPSA) is 141 Å². The van der Waals surface area contributed by atoms with Crippen molar-refractivity contribution in [3.05, 3.63) is 87.9 Å². The van der Waals surface area contributed by atoms with Gasteiger partial charge in [0, 0.05) is 12.7 Å². The van der Waals surface area contributed by atoms with Crippen molar-refractivity contribution >= 4 is 17.8 Å². The van der Waals surface area contributed by atoms with Gasteiger partial charge in [-0.1, -0.05) is 43.3 Å². The highest BCUT2D eigenvalue weighted by Gasteiger charge is 2.25. The number of carbonyl (C=O) groups is 3. The Morgan fingerprint density at radius 3 is 2.14 bits per heavy atom. The van der Waals surface area contributed by atoms with Gasteiger partial charge in [0.2, 0.25) is 0 Å². The average molecular weight is 480 g/mol. The van der Waals surface area contributed by atoms with E-state index in [1.165, 1.54) is 19.1 Å². The van der Waals surface area contributed by atoms with Gasteiger partial charge in [0.25, 0.3) is 17.4 Å². The molecule has 0 saturated heterocycles. The van der Waals surface area contributed by atoms with Crippen molar-refractivity contribution in [3.8, 4) is 11.1 Å². The second-order valence-corrected chi connectivity index (χ2v) is 8.59. The van der Waals surface area contributed by atoms with Gasteiger partial charge >= 0.3 is 5.97 Å². The van der Waals surface area contributed by atoms with E-state index in [2.05, 4.69) is 20.6 Å². The molecule has 3 aromatic rings. The van der Waals surface area contributed by atoms with Gasteiger partial charge in [-0.25, -0.2) is 9.37 Å². The summed E-state index contributed by atoms with van der Waals surface area (Å²) in [6.45, 7) is 4.81. The molecule has 4 N–H and O–H groups in total. The van der Waals surface area contributed by atoms with Crippen LogP contribution in [0.25, 0.3) is 11.1 Å². The molecule has 2 aromatic carbocycles. The number of hydrogen-bond acceptors (Lipinski definition) is 5. The molecule has 0 radical (unpaired) electrons. The number of aromatic nitrogens is 2. The number of halogens is 1. The number of rotatable bonds is 8. The first-order valence-electron chi connectivity index (χ1n) is 10.8. The third kappa shape index (κ3) is 6.17. The van der Waals surface area contributed by atoms with Crippen LogP contribution in [0.5, 0.6) is 0 Å². The van der Waals surface area contributed by atoms with Crippen LogP contribution in [0.3, 0.4) is 0 Å². The fraction of sp³-hybridized carbons (Fsp3) is 0.240. The van der Waals surface area contributed by atoms with Crippen LogP contribution in [0.1, 0.15) is 47.3 Å². The number of aromatic amines is 1. The van der Waals surface area contributed by atoms with Gasteiger partial charge in [-0.05, 0) is 42.7 Å². The molecule has 0 aliphatic heterocycles. The number of nitrogens with one attached hydrogen (secondary N) is 3. The maximum Gasteiger partial charge on any atom is 0.308 e. The maximum atomic E-state index is 13.2. The van der Waals surface area contributed by atoms with Crippen LogP contribution in [0.2, 0.25) is 0 Å². The molecule has 10 heteroatoms. The lowest BCUT2D eigenvalue weighted by Crippen LogP contribution is -2.43. The molecule has 182 valence electrons. The number of amides is 2. The van der Waals surface area contributed by atoms with E-state index in [1.807, 2.05) is 24.3 Å². The van der Waals surface area contributed by atoms with Crippen molar-refractivity contribution in [3.63, 3.8) is 0 Å². The van der Waals surface area contributed by atoms with E-state index in [0.29, 0.717) is 0 Å². The number of hydrogen-bond donors (Lipinski definition) is 4. The van der Waals surface area contributed by atoms with Crippen molar-refractivity contribution in [1.29, 1.82) is 0 Å². The molecular formula is C25H25FN4O5. The Kier molecular flexibility index (Phi) is 7.43. The second-order valence-electron chi connectivity index (χ2n) is 8.59. The number of aliphatic carboxylic acids is 1. The molecule has 1 heterocycles. The zero-order valence-corrected chi connectivity index (χ0v) is 19.4. The van der Waals surface area contributed by atoms with Crippen molar-refractivity contribution < 1.29 is 23.9 Å². The van der Waals surface area contributed by atoms with Gasteiger partial charge in [-0.2, -0.15) is 0 Å². The molecule has 1 atom stereocenters. The number of benzene rings is 2. The first kappa shape index (κ1) is 25.3. The predicted octanol–water partition coefficient (Wildman–Crippen LogP) is 2.69. The van der Waals surface area contributed by atoms with Crippen molar-refractivity contribution in [2.75, 3.05) is 6.54 Å². The molecule has 0 aliphatic rings. The van der Waals surface area contributed by atoms with Crippen LogP contribution in [0.4, 0.5) is 4.39 Å². The largest absolute Gasteiger partial charge is 0.481 e. The van der Waals surface area contributed by atoms with E-state index in [9.17, 15) is 23.6 Å². The van der Waals surface area contributed by atoms with Gasteiger partial charge < -0.3 is 20.7 Å². The molecule has 0 spiro atoms. The second kappa shape index (κ2) is 10.3. The molecule has 0 bridgehead atoms. The maximum absolute atomic E-state index is 13.2. The van der Waals surface area contributed by atoms with Gasteiger partial charge in [-0.15, -0.1) is 0 Å². The van der Waals surface area contributed by atoms with Crippen molar-refractivity contribution in [2.45, 2.75) is 26.3 Å². The molecule has 1 aromatic heterocycles. The van der Waals surface area contributed by atoms with Crippen LogP contribution < -0.4 is 16.2 Å². The fourth-order valence-corrected chi connectivity index (χ4v) is 3.23. The Bertz CT molecular complexity index is 1300. The highest BCUT2D eigenvalue weighted by molar-refractivity contribution is 5.95. The average Bonchev–Trinajstić information content (AvgIpc) is 2.82. The van der Waals surface area contributed by atoms with E-state index in [0.717, 1.165) is 22.9 Å². The molecule has 35 heavy (non-hydrogen) atoms. The summed E-state index contributed by atoms with van der Waals surface area (Å²) in [5.41, 5.74) is 0.549. The number of carbonyl (C=O) groups excluding carboxylic acids is 2. The quantitative estimate of drug-likeness (QED) is 0.391. The van der Waals surface area contributed by atoms with Crippen molar-refractivity contribution in [1.82, 2.24) is 20.6 Å². The number of H-pyrrole nitrogens is 1. The Morgan fingerprint density at radius 2 is 1.60 bits per heavy atom. The van der Waals surface area contributed by atoms with Crippen LogP contribution in [-0.4, -0.2) is 39.4 Å². The normalized spacial score (nSPS) is 12.0. The molecule has 2 amide bonds. The Hall–Kier alpha value is -4.34. The minimum atomic E-state index is -1.08. The third-order valence-electron chi connectivity index (χ3n) is 5.46. The van der Waals surface area contributed by atoms with E-state index in [1.54, 1.807) is 26.0 Å². The zero-order valence-electron chi connectivity index (χ0n) is 19.4. The van der Waals surface area contributed by atoms with Crippen LogP contribution in [-0.2, 0) is 10.3 Å². The summed E-state index contributed by atoms with van der Waals surface area (Å²) in [6, 6.07) is 13.5. The summed E-state index contributed by atoms with van der Waals surface area (Å²) in [5, 5.41) is 14.0. The van der Waals surface area contributed by atoms with Gasteiger partial charge in [-0.3, -0.25) is 19.2 Å². The molecule has 9 nitrogen and oxygen atoms in total. The lowest BCUT2D eigenvalue weighted by molar-refractivity contribution is -0.140. The molecule has 0 fully saturated rings. The summed E-state index contributed by atoms with van der Waals surface area (Å²) in [6.07, 6.45) is 0.997. The predicted molar refractivity (Wildman–Crippen MR) is 126 cm³/mol. The van der Waals surface area contributed by atoms with Crippen molar-refractivity contribution in [2.24, 2.45) is 5.92 Å². The minimum absolute atomic E-state index is 0.145. The summed E-state index contributed by atoms with van der Waals surface area (Å²) in [7, 11) is 0. The van der Waals surface area contributed by atoms with Crippen LogP contribution in [0.15, 0.2) is 59.5 Å². The van der Waals surface area contributed by atoms with Gasteiger partial charge in [0.15, 0.2) is 5.82 Å². The number of carboxylic acids is 1. The molecule has 0 aliphatic carbocycles. The zero-order chi connectivity index (χ0) is 25.8. The van der Waals surface area contributed by atoms with E-state index >= 15 is 0 Å². The first-order chi connectivity index (χ1) is 16.5. The Morgan fingerprint density at radius 1 is 1.03 bits per heavy atom. The lowest BCUT2D eigenvalue weighted by atomic mass is 9.92. The van der Waals surface area contributed by atoms with Gasteiger partial charge in [0.05, 0.1) is 11.5 Å². The monoisotopic (exact) mass is 480 g/mol. The summed E-state index contributed by atoms with van der Waals surface area (Å²) in [4.78, 5) is 54.2. The van der Waals surface area contributed by atoms with E-state index in [-0.39, 0.29) is 23.7 Å². The summed E-state index contributed by atoms with van der Waals surface area (Å²) < 4.78 is 13.2. The fourth-order valence-electron chi connectivity index (χ4n) is 3.23. The minimum Gasteiger partial charge on any atom is -0.481 e. The smallest absolute Gasteiger partial charge is 0.308 e. The van der Waals surface area contributed by atoms with Crippen LogP contribution >= 0.6 is 0 Å². The standard InChI is InChI=1S/C25H25FN4O5/c1-14(24(34)35)12-28-23(33)20-27-13-19(21(31)29-20)22(32)30-25(2,3)17-8-4-15(5-9-17)16-6-10-18(26)11-7-16/h4-11,13-14H,12H2,1-3H3,(H,28,33)(H,30,32)(H,34,35)(H,27,29,31)/t14-/m1/s1. The highest BCUT2D eigenvalue weighted by atomic mass is 19.1. The van der Waals surface area contributed by atoms with Gasteiger partial charge in [0.1, 0.15) is 11.4 Å². The third-order valence-corrected chi connectivity index (χ3v) is 5.46. The van der Waals surface area contributed by atoms with E-state index in [4.69, 9.17) is 5.11 Å². The van der Waals surface area contributed by atoms with Crippen LogP contribution in [0, 0.1) is 11.7 Å². The van der Waals surface area contributed by atoms with E-state index < -0.39 is 34.8 Å². The SMILES string of the molecule is C[C@H](CNC(=O)c1ncc(C(=O)NC(C)(C)c2ccc(-c3ccc(F)cc3)cc2)c(=O)[nH]1)C(=O)O. The summed E-state index contributed by atoms with van der Waals surface area (Å²) >= 11 is 0. The molecule has 0 saturated carbocycles. The molecule has 0 unspecified atom stereocenters. The Balaban J connectivity index is 1.70. The molecular weight excluding hydrogens is 455 g/mol. The number of carboxylic acid groups (broad SMARTS) is 1. The number of nitrogens with zero attached hydrogens (tertiary/aromatic N) is 1. The molecule has 3 rings (SSSR count). The lowest BCUT2D eigenvalue weighted by Gasteiger charge is -2.27. The highest BCUT2D eigenvalue weighted by Crippen LogP contribution is 2.25. The summed E-state index contributed by atoms with van der Waals surface area (Å²) in [5.74, 6) is -3.99. The Labute approximate surface area is 200 Å². The first-order valence-corrected chi connectivity index (χ1v) is 10.8.